The van der Waals surface area contributed by atoms with Crippen molar-refractivity contribution < 1.29 is 9.53 Å². The minimum Gasteiger partial charge on any atom is -0.497 e. The maximum absolute atomic E-state index is 13.7. The molecule has 1 unspecified atom stereocenters. The molecule has 1 fully saturated rings. The Bertz CT molecular complexity index is 1080. The van der Waals surface area contributed by atoms with E-state index in [4.69, 9.17) is 4.74 Å². The number of likely N-dealkylation sites (N-methyl/N-ethyl adjacent to an activating group) is 1. The van der Waals surface area contributed by atoms with E-state index in [-0.39, 0.29) is 11.9 Å². The van der Waals surface area contributed by atoms with E-state index >= 15 is 0 Å². The molecular weight excluding hydrogens is 446 g/mol. The van der Waals surface area contributed by atoms with Crippen LogP contribution in [0.15, 0.2) is 91.0 Å². The highest BCUT2D eigenvalue weighted by molar-refractivity contribution is 5.82. The molecule has 3 aromatic carbocycles. The Morgan fingerprint density at radius 2 is 1.44 bits per heavy atom. The van der Waals surface area contributed by atoms with E-state index < -0.39 is 0 Å². The summed E-state index contributed by atoms with van der Waals surface area (Å²) in [5.41, 5.74) is 4.52. The molecule has 188 valence electrons. The molecule has 1 saturated heterocycles. The molecule has 5 heteroatoms. The summed E-state index contributed by atoms with van der Waals surface area (Å²) >= 11 is 0. The highest BCUT2D eigenvalue weighted by Gasteiger charge is 2.24. The molecule has 1 atom stereocenters. The third kappa shape index (κ3) is 6.62. The molecule has 0 spiro atoms. The van der Waals surface area contributed by atoms with Crippen LogP contribution >= 0.6 is 0 Å². The van der Waals surface area contributed by atoms with Gasteiger partial charge < -0.3 is 14.5 Å². The number of amides is 1. The van der Waals surface area contributed by atoms with E-state index in [9.17, 15) is 4.79 Å². The molecule has 1 amide bonds. The van der Waals surface area contributed by atoms with Crippen LogP contribution in [0.25, 0.3) is 5.57 Å². The molecule has 0 N–H and O–H groups in total. The fourth-order valence-electron chi connectivity index (χ4n) is 4.65. The Morgan fingerprint density at radius 3 is 1.97 bits per heavy atom. The Morgan fingerprint density at radius 1 is 0.889 bits per heavy atom. The van der Waals surface area contributed by atoms with Gasteiger partial charge in [0.05, 0.1) is 19.7 Å². The van der Waals surface area contributed by atoms with Gasteiger partial charge >= 0.3 is 0 Å². The van der Waals surface area contributed by atoms with Crippen molar-refractivity contribution in [2.24, 2.45) is 0 Å². The average Bonchev–Trinajstić information content (AvgIpc) is 2.93. The zero-order valence-electron chi connectivity index (χ0n) is 21.6. The van der Waals surface area contributed by atoms with Crippen LogP contribution < -0.4 is 4.74 Å². The number of piperazine rings is 1. The normalized spacial score (nSPS) is 15.2. The largest absolute Gasteiger partial charge is 0.497 e. The lowest BCUT2D eigenvalue weighted by molar-refractivity contribution is -0.134. The van der Waals surface area contributed by atoms with Gasteiger partial charge in [-0.2, -0.15) is 0 Å². The second-order valence-electron chi connectivity index (χ2n) is 9.42. The molecule has 4 rings (SSSR count). The first-order valence-electron chi connectivity index (χ1n) is 12.7. The van der Waals surface area contributed by atoms with Gasteiger partial charge in [-0.15, -0.1) is 0 Å². The van der Waals surface area contributed by atoms with E-state index in [0.29, 0.717) is 13.1 Å². The van der Waals surface area contributed by atoms with Crippen LogP contribution in [0, 0.1) is 0 Å². The van der Waals surface area contributed by atoms with E-state index in [2.05, 4.69) is 90.5 Å². The van der Waals surface area contributed by atoms with E-state index in [1.165, 1.54) is 0 Å². The Labute approximate surface area is 215 Å². The third-order valence-corrected chi connectivity index (χ3v) is 7.00. The van der Waals surface area contributed by atoms with Gasteiger partial charge in [0, 0.05) is 32.7 Å². The summed E-state index contributed by atoms with van der Waals surface area (Å²) in [5, 5.41) is 0. The predicted octanol–water partition coefficient (Wildman–Crippen LogP) is 4.96. The zero-order valence-corrected chi connectivity index (χ0v) is 21.6. The lowest BCUT2D eigenvalue weighted by Crippen LogP contribution is -2.49. The van der Waals surface area contributed by atoms with Crippen LogP contribution in [0.5, 0.6) is 5.75 Å². The van der Waals surface area contributed by atoms with Crippen LogP contribution in [0.2, 0.25) is 0 Å². The molecule has 1 aliphatic heterocycles. The van der Waals surface area contributed by atoms with Crippen LogP contribution in [-0.4, -0.2) is 74.0 Å². The van der Waals surface area contributed by atoms with Gasteiger partial charge in [-0.3, -0.25) is 9.69 Å². The van der Waals surface area contributed by atoms with Crippen LogP contribution in [0.3, 0.4) is 0 Å². The molecule has 0 aromatic heterocycles. The molecule has 5 nitrogen and oxygen atoms in total. The van der Waals surface area contributed by atoms with E-state index in [0.717, 1.165) is 54.2 Å². The van der Waals surface area contributed by atoms with Gasteiger partial charge in [0.25, 0.3) is 0 Å². The maximum Gasteiger partial charge on any atom is 0.237 e. The molecule has 36 heavy (non-hydrogen) atoms. The number of hydrogen-bond acceptors (Lipinski definition) is 4. The summed E-state index contributed by atoms with van der Waals surface area (Å²) in [5.74, 6) is 0.969. The lowest BCUT2D eigenvalue weighted by atomic mass is 9.97. The molecular formula is C31H37N3O2. The van der Waals surface area contributed by atoms with Crippen molar-refractivity contribution in [1.29, 1.82) is 0 Å². The SMILES string of the molecule is COc1ccc(C(C)N(CC=C(c2ccccc2)c2ccccc2)C(=O)CN2CCN(C)CC2)cc1. The first-order valence-corrected chi connectivity index (χ1v) is 12.7. The van der Waals surface area contributed by atoms with Crippen molar-refractivity contribution in [3.63, 3.8) is 0 Å². The number of rotatable bonds is 9. The molecule has 0 aliphatic carbocycles. The average molecular weight is 484 g/mol. The summed E-state index contributed by atoms with van der Waals surface area (Å²) in [7, 11) is 3.81. The smallest absolute Gasteiger partial charge is 0.237 e. The first kappa shape index (κ1) is 25.7. The van der Waals surface area contributed by atoms with Gasteiger partial charge in [0.1, 0.15) is 5.75 Å². The van der Waals surface area contributed by atoms with E-state index in [1.807, 2.05) is 29.2 Å². The monoisotopic (exact) mass is 483 g/mol. The van der Waals surface area contributed by atoms with Crippen LogP contribution in [-0.2, 0) is 4.79 Å². The van der Waals surface area contributed by atoms with Crippen molar-refractivity contribution in [3.8, 4) is 5.75 Å². The fourth-order valence-corrected chi connectivity index (χ4v) is 4.65. The van der Waals surface area contributed by atoms with Crippen molar-refractivity contribution >= 4 is 11.5 Å². The molecule has 0 saturated carbocycles. The van der Waals surface area contributed by atoms with Crippen LogP contribution in [0.4, 0.5) is 0 Å². The number of benzene rings is 3. The number of carbonyl (C=O) groups excluding carboxylic acids is 1. The summed E-state index contributed by atoms with van der Waals surface area (Å²) in [6.07, 6.45) is 2.20. The number of carbonyl (C=O) groups is 1. The number of hydrogen-bond donors (Lipinski definition) is 0. The standard InChI is InChI=1S/C31H37N3O2/c1-25(26-14-16-29(36-3)17-15-26)34(31(35)24-33-22-20-32(2)21-23-33)19-18-30(27-10-6-4-7-11-27)28-12-8-5-9-13-28/h4-18,25H,19-24H2,1-3H3. The minimum atomic E-state index is -0.0695. The summed E-state index contributed by atoms with van der Waals surface area (Å²) < 4.78 is 5.34. The minimum absolute atomic E-state index is 0.0695. The van der Waals surface area contributed by atoms with Crippen LogP contribution in [0.1, 0.15) is 29.7 Å². The Kier molecular flexibility index (Phi) is 8.93. The second kappa shape index (κ2) is 12.5. The summed E-state index contributed by atoms with van der Waals surface area (Å²) in [4.78, 5) is 20.3. The second-order valence-corrected chi connectivity index (χ2v) is 9.42. The van der Waals surface area contributed by atoms with Gasteiger partial charge in [0.15, 0.2) is 0 Å². The van der Waals surface area contributed by atoms with Gasteiger partial charge in [0.2, 0.25) is 5.91 Å². The highest BCUT2D eigenvalue weighted by Crippen LogP contribution is 2.26. The Hall–Kier alpha value is -3.41. The zero-order chi connectivity index (χ0) is 25.3. The summed E-state index contributed by atoms with van der Waals surface area (Å²) in [6, 6.07) is 28.8. The highest BCUT2D eigenvalue weighted by atomic mass is 16.5. The van der Waals surface area contributed by atoms with Crippen molar-refractivity contribution in [3.05, 3.63) is 108 Å². The van der Waals surface area contributed by atoms with Crippen molar-refractivity contribution in [1.82, 2.24) is 14.7 Å². The molecule has 1 heterocycles. The number of nitrogens with zero attached hydrogens (tertiary/aromatic N) is 3. The predicted molar refractivity (Wildman–Crippen MR) is 147 cm³/mol. The molecule has 1 aliphatic rings. The van der Waals surface area contributed by atoms with Crippen molar-refractivity contribution in [2.75, 3.05) is 53.4 Å². The number of methoxy groups -OCH3 is 1. The molecule has 0 radical (unpaired) electrons. The van der Waals surface area contributed by atoms with Gasteiger partial charge in [-0.25, -0.2) is 0 Å². The summed E-state index contributed by atoms with van der Waals surface area (Å²) in [6.45, 7) is 6.90. The topological polar surface area (TPSA) is 36.0 Å². The van der Waals surface area contributed by atoms with E-state index in [1.54, 1.807) is 7.11 Å². The third-order valence-electron chi connectivity index (χ3n) is 7.00. The lowest BCUT2D eigenvalue weighted by Gasteiger charge is -2.35. The molecule has 0 bridgehead atoms. The van der Waals surface area contributed by atoms with Gasteiger partial charge in [-0.05, 0) is 48.4 Å². The van der Waals surface area contributed by atoms with Gasteiger partial charge in [-0.1, -0.05) is 78.9 Å². The quantitative estimate of drug-likeness (QED) is 0.431. The molecule has 3 aromatic rings. The number of ether oxygens (including phenoxy) is 1. The Balaban J connectivity index is 1.63. The maximum atomic E-state index is 13.7. The first-order chi connectivity index (χ1) is 17.5. The van der Waals surface area contributed by atoms with Crippen molar-refractivity contribution in [2.45, 2.75) is 13.0 Å². The fraction of sp³-hybridized carbons (Fsp3) is 0.323.